The number of ether oxygens (including phenoxy) is 1. The number of rotatable bonds is 5. The zero-order chi connectivity index (χ0) is 10.4. The highest BCUT2D eigenvalue weighted by Crippen LogP contribution is 2.29. The van der Waals surface area contributed by atoms with Crippen LogP contribution in [0.5, 0.6) is 0 Å². The van der Waals surface area contributed by atoms with Crippen molar-refractivity contribution in [3.63, 3.8) is 0 Å². The highest BCUT2D eigenvalue weighted by atomic mass is 32.2. The summed E-state index contributed by atoms with van der Waals surface area (Å²) in [6, 6.07) is 0. The summed E-state index contributed by atoms with van der Waals surface area (Å²) in [4.78, 5) is 0. The number of nitrogens with one attached hydrogen (secondary N) is 1. The summed E-state index contributed by atoms with van der Waals surface area (Å²) in [6.45, 7) is 2.67. The van der Waals surface area contributed by atoms with Gasteiger partial charge in [0.2, 0.25) is 0 Å². The van der Waals surface area contributed by atoms with Gasteiger partial charge < -0.3 is 10.1 Å². The van der Waals surface area contributed by atoms with Gasteiger partial charge in [-0.1, -0.05) is 0 Å². The minimum Gasteiger partial charge on any atom is -0.380 e. The molecule has 1 fully saturated rings. The van der Waals surface area contributed by atoms with Gasteiger partial charge in [-0.3, -0.25) is 0 Å². The Morgan fingerprint density at radius 2 is 2.21 bits per heavy atom. The van der Waals surface area contributed by atoms with E-state index in [0.29, 0.717) is 12.5 Å². The Balaban J connectivity index is 1.89. The third-order valence-corrected chi connectivity index (χ3v) is 2.71. The van der Waals surface area contributed by atoms with Crippen LogP contribution in [0, 0.1) is 5.92 Å². The molecule has 0 aromatic heterocycles. The average Bonchev–Trinajstić information content (AvgIpc) is 2.54. The minimum absolute atomic E-state index is 0.0103. The second kappa shape index (κ2) is 5.82. The summed E-state index contributed by atoms with van der Waals surface area (Å²) in [5.74, 6) is 0.467. The Morgan fingerprint density at radius 3 is 2.79 bits per heavy atom. The fourth-order valence-electron chi connectivity index (χ4n) is 1.32. The van der Waals surface area contributed by atoms with Gasteiger partial charge in [0.15, 0.2) is 0 Å². The smallest absolute Gasteiger partial charge is 0.380 e. The summed E-state index contributed by atoms with van der Waals surface area (Å²) in [5.41, 5.74) is -4.13. The molecule has 1 aliphatic rings. The number of hydrogen-bond acceptors (Lipinski definition) is 3. The van der Waals surface area contributed by atoms with Crippen LogP contribution in [0.2, 0.25) is 0 Å². The van der Waals surface area contributed by atoms with Crippen molar-refractivity contribution in [1.29, 1.82) is 0 Å². The van der Waals surface area contributed by atoms with Gasteiger partial charge >= 0.3 is 5.51 Å². The highest BCUT2D eigenvalue weighted by Gasteiger charge is 2.27. The van der Waals surface area contributed by atoms with Crippen molar-refractivity contribution in [2.75, 3.05) is 32.1 Å². The zero-order valence-corrected chi connectivity index (χ0v) is 8.59. The lowest BCUT2D eigenvalue weighted by Gasteiger charge is -2.09. The van der Waals surface area contributed by atoms with E-state index in [-0.39, 0.29) is 24.1 Å². The molecule has 0 aromatic carbocycles. The average molecular weight is 229 g/mol. The summed E-state index contributed by atoms with van der Waals surface area (Å²) < 4.78 is 40.2. The van der Waals surface area contributed by atoms with E-state index in [2.05, 4.69) is 5.32 Å². The number of hydrogen-bond donors (Lipinski definition) is 1. The predicted molar refractivity (Wildman–Crippen MR) is 50.3 cm³/mol. The van der Waals surface area contributed by atoms with Crippen molar-refractivity contribution in [3.8, 4) is 0 Å². The van der Waals surface area contributed by atoms with Gasteiger partial charge in [0.05, 0.1) is 13.2 Å². The van der Waals surface area contributed by atoms with E-state index >= 15 is 0 Å². The van der Waals surface area contributed by atoms with Crippen LogP contribution in [0.25, 0.3) is 0 Å². The first-order chi connectivity index (χ1) is 6.58. The van der Waals surface area contributed by atoms with Crippen LogP contribution < -0.4 is 5.32 Å². The third kappa shape index (κ3) is 5.72. The van der Waals surface area contributed by atoms with Crippen LogP contribution in [0.3, 0.4) is 0 Å². The van der Waals surface area contributed by atoms with E-state index in [1.807, 2.05) is 0 Å². The van der Waals surface area contributed by atoms with E-state index < -0.39 is 5.51 Å². The maximum atomic E-state index is 11.7. The van der Waals surface area contributed by atoms with E-state index in [1.54, 1.807) is 0 Å². The van der Waals surface area contributed by atoms with Crippen molar-refractivity contribution in [3.05, 3.63) is 0 Å². The first-order valence-electron chi connectivity index (χ1n) is 4.57. The second-order valence-electron chi connectivity index (χ2n) is 3.23. The topological polar surface area (TPSA) is 21.3 Å². The minimum atomic E-state index is -4.13. The quantitative estimate of drug-likeness (QED) is 0.727. The summed E-state index contributed by atoms with van der Waals surface area (Å²) >= 11 is -0.0246. The maximum Gasteiger partial charge on any atom is 0.441 e. The van der Waals surface area contributed by atoms with E-state index in [4.69, 9.17) is 4.74 Å². The largest absolute Gasteiger partial charge is 0.441 e. The van der Waals surface area contributed by atoms with Crippen LogP contribution in [0.4, 0.5) is 13.2 Å². The van der Waals surface area contributed by atoms with Crippen molar-refractivity contribution >= 4 is 11.8 Å². The van der Waals surface area contributed by atoms with Crippen LogP contribution >= 0.6 is 11.8 Å². The molecule has 0 amide bonds. The van der Waals surface area contributed by atoms with E-state index in [9.17, 15) is 13.2 Å². The van der Waals surface area contributed by atoms with Crippen LogP contribution in [-0.4, -0.2) is 37.6 Å². The molecule has 1 aliphatic heterocycles. The summed E-state index contributed by atoms with van der Waals surface area (Å²) in [5, 5.41) is 3.17. The molecule has 14 heavy (non-hydrogen) atoms. The normalized spacial score (nSPS) is 22.9. The van der Waals surface area contributed by atoms with Gasteiger partial charge in [-0.25, -0.2) is 0 Å². The zero-order valence-electron chi connectivity index (χ0n) is 7.77. The van der Waals surface area contributed by atoms with Gasteiger partial charge in [-0.15, -0.1) is 0 Å². The van der Waals surface area contributed by atoms with Crippen LogP contribution in [-0.2, 0) is 4.74 Å². The van der Waals surface area contributed by atoms with E-state index in [1.165, 1.54) is 0 Å². The molecular weight excluding hydrogens is 215 g/mol. The van der Waals surface area contributed by atoms with Crippen molar-refractivity contribution in [1.82, 2.24) is 5.32 Å². The van der Waals surface area contributed by atoms with Crippen molar-refractivity contribution < 1.29 is 17.9 Å². The van der Waals surface area contributed by atoms with E-state index in [0.717, 1.165) is 19.5 Å². The molecule has 1 N–H and O–H groups in total. The Labute approximate surface area is 85.6 Å². The Hall–Kier alpha value is 0.0600. The number of halogens is 3. The predicted octanol–water partition coefficient (Wildman–Crippen LogP) is 1.87. The molecule has 1 heterocycles. The first kappa shape index (κ1) is 12.1. The van der Waals surface area contributed by atoms with Gasteiger partial charge in [0.1, 0.15) is 0 Å². The molecule has 1 saturated heterocycles. The molecule has 2 nitrogen and oxygen atoms in total. The Morgan fingerprint density at radius 1 is 1.43 bits per heavy atom. The summed E-state index contributed by atoms with van der Waals surface area (Å²) in [6.07, 6.45) is 1.06. The van der Waals surface area contributed by atoms with Crippen molar-refractivity contribution in [2.45, 2.75) is 11.9 Å². The fraction of sp³-hybridized carbons (Fsp3) is 1.00. The monoisotopic (exact) mass is 229 g/mol. The van der Waals surface area contributed by atoms with Gasteiger partial charge in [0, 0.05) is 12.3 Å². The standard InChI is InChI=1S/C8H14F3NOS/c9-8(10,11)14-4-3-13-6-7-1-2-12-5-7/h7,12H,1-6H2. The third-order valence-electron chi connectivity index (χ3n) is 2.01. The second-order valence-corrected chi connectivity index (χ2v) is 4.39. The highest BCUT2D eigenvalue weighted by molar-refractivity contribution is 8.00. The molecule has 1 atom stereocenters. The van der Waals surface area contributed by atoms with Crippen molar-refractivity contribution in [2.24, 2.45) is 5.92 Å². The molecule has 0 spiro atoms. The molecule has 6 heteroatoms. The Kier molecular flexibility index (Phi) is 5.05. The van der Waals surface area contributed by atoms with Crippen LogP contribution in [0.15, 0.2) is 0 Å². The number of alkyl halides is 3. The molecule has 1 unspecified atom stereocenters. The van der Waals surface area contributed by atoms with Crippen LogP contribution in [0.1, 0.15) is 6.42 Å². The maximum absolute atomic E-state index is 11.7. The molecule has 0 saturated carbocycles. The lowest BCUT2D eigenvalue weighted by Crippen LogP contribution is -2.15. The lowest BCUT2D eigenvalue weighted by atomic mass is 10.1. The lowest BCUT2D eigenvalue weighted by molar-refractivity contribution is -0.0332. The first-order valence-corrected chi connectivity index (χ1v) is 5.55. The van der Waals surface area contributed by atoms with Gasteiger partial charge in [-0.2, -0.15) is 13.2 Å². The molecule has 1 rings (SSSR count). The fourth-order valence-corrected chi connectivity index (χ4v) is 1.76. The number of thioether (sulfide) groups is 1. The molecular formula is C8H14F3NOS. The molecule has 0 bridgehead atoms. The molecule has 0 aromatic rings. The van der Waals surface area contributed by atoms with Gasteiger partial charge in [-0.05, 0) is 30.6 Å². The Bertz CT molecular complexity index is 159. The summed E-state index contributed by atoms with van der Waals surface area (Å²) in [7, 11) is 0. The molecule has 0 radical (unpaired) electrons. The van der Waals surface area contributed by atoms with Gasteiger partial charge in [0.25, 0.3) is 0 Å². The SMILES string of the molecule is FC(F)(F)SCCOCC1CCNC1. The molecule has 0 aliphatic carbocycles. The molecule has 84 valence electrons.